The topological polar surface area (TPSA) is 63.1 Å². The van der Waals surface area contributed by atoms with Crippen molar-refractivity contribution in [1.29, 1.82) is 0 Å². The van der Waals surface area contributed by atoms with Gasteiger partial charge in [-0.2, -0.15) is 0 Å². The van der Waals surface area contributed by atoms with E-state index >= 15 is 0 Å². The zero-order chi connectivity index (χ0) is 15.4. The van der Waals surface area contributed by atoms with Gasteiger partial charge in [0.15, 0.2) is 0 Å². The van der Waals surface area contributed by atoms with Gasteiger partial charge in [-0.15, -0.1) is 0 Å². The van der Waals surface area contributed by atoms with Crippen LogP contribution in [0.3, 0.4) is 0 Å². The summed E-state index contributed by atoms with van der Waals surface area (Å²) >= 11 is 0. The number of nitrogens with zero attached hydrogens (tertiary/aromatic N) is 1. The number of anilines is 1. The summed E-state index contributed by atoms with van der Waals surface area (Å²) in [5, 5.41) is 5.13. The summed E-state index contributed by atoms with van der Waals surface area (Å²) in [5.74, 6) is -1.04. The maximum atomic E-state index is 13.8. The molecular weight excluding hydrogens is 273 g/mol. The number of benzene rings is 1. The molecule has 5 nitrogen and oxygen atoms in total. The van der Waals surface area contributed by atoms with Crippen molar-refractivity contribution in [2.75, 3.05) is 5.32 Å². The Kier molecular flexibility index (Phi) is 4.37. The van der Waals surface area contributed by atoms with Crippen LogP contribution < -0.4 is 10.6 Å². The predicted molar refractivity (Wildman–Crippen MR) is 77.6 cm³/mol. The molecule has 0 spiro atoms. The lowest BCUT2D eigenvalue weighted by Gasteiger charge is -2.14. The number of amides is 2. The zero-order valence-electron chi connectivity index (χ0n) is 11.8. The van der Waals surface area contributed by atoms with Gasteiger partial charge in [0, 0.05) is 25.0 Å². The van der Waals surface area contributed by atoms with Gasteiger partial charge in [0.1, 0.15) is 11.9 Å². The molecule has 0 radical (unpaired) electrons. The average Bonchev–Trinajstić information content (AvgIpc) is 2.94. The molecule has 2 N–H and O–H groups in total. The van der Waals surface area contributed by atoms with Gasteiger partial charge >= 0.3 is 0 Å². The normalized spacial score (nSPS) is 11.8. The molecule has 1 atom stereocenters. The quantitative estimate of drug-likeness (QED) is 0.905. The number of aromatic nitrogens is 1. The average molecular weight is 289 g/mol. The molecule has 2 aromatic rings. The second kappa shape index (κ2) is 6.21. The third-order valence-electron chi connectivity index (χ3n) is 2.91. The van der Waals surface area contributed by atoms with Crippen molar-refractivity contribution < 1.29 is 14.0 Å². The van der Waals surface area contributed by atoms with Crippen molar-refractivity contribution in [2.24, 2.45) is 0 Å². The van der Waals surface area contributed by atoms with E-state index in [0.29, 0.717) is 11.4 Å². The van der Waals surface area contributed by atoms with Crippen LogP contribution in [-0.2, 0) is 9.59 Å². The molecule has 6 heteroatoms. The van der Waals surface area contributed by atoms with Crippen LogP contribution in [0, 0.1) is 5.82 Å². The standard InChI is InChI=1S/C15H16FN3O2/c1-10(17-11(2)20)15(21)18-12-5-6-13(16)14(9-12)19-7-3-4-8-19/h3-10H,1-2H3,(H,17,20)(H,18,21)/t10-/m0/s1. The molecule has 0 aliphatic heterocycles. The molecule has 2 rings (SSSR count). The highest BCUT2D eigenvalue weighted by molar-refractivity contribution is 5.96. The third-order valence-corrected chi connectivity index (χ3v) is 2.91. The fraction of sp³-hybridized carbons (Fsp3) is 0.200. The number of carbonyl (C=O) groups is 2. The first-order valence-electron chi connectivity index (χ1n) is 6.48. The minimum absolute atomic E-state index is 0.287. The van der Waals surface area contributed by atoms with Crippen LogP contribution in [0.1, 0.15) is 13.8 Å². The summed E-state index contributed by atoms with van der Waals surface area (Å²) in [5.41, 5.74) is 0.798. The second-order valence-corrected chi connectivity index (χ2v) is 4.67. The molecule has 1 heterocycles. The Morgan fingerprint density at radius 2 is 1.90 bits per heavy atom. The van der Waals surface area contributed by atoms with Crippen molar-refractivity contribution >= 4 is 17.5 Å². The molecule has 0 bridgehead atoms. The van der Waals surface area contributed by atoms with E-state index in [1.807, 2.05) is 0 Å². The van der Waals surface area contributed by atoms with Crippen molar-refractivity contribution in [3.8, 4) is 5.69 Å². The summed E-state index contributed by atoms with van der Waals surface area (Å²) in [7, 11) is 0. The van der Waals surface area contributed by atoms with Gasteiger partial charge in [0.2, 0.25) is 11.8 Å². The summed E-state index contributed by atoms with van der Waals surface area (Å²) in [4.78, 5) is 22.8. The molecule has 0 aliphatic rings. The highest BCUT2D eigenvalue weighted by Crippen LogP contribution is 2.19. The van der Waals surface area contributed by atoms with Gasteiger partial charge in [-0.1, -0.05) is 0 Å². The van der Waals surface area contributed by atoms with Crippen LogP contribution in [-0.4, -0.2) is 22.4 Å². The fourth-order valence-electron chi connectivity index (χ4n) is 1.90. The number of nitrogens with one attached hydrogen (secondary N) is 2. The van der Waals surface area contributed by atoms with Crippen molar-refractivity contribution in [3.05, 3.63) is 48.5 Å². The van der Waals surface area contributed by atoms with Crippen molar-refractivity contribution in [2.45, 2.75) is 19.9 Å². The maximum Gasteiger partial charge on any atom is 0.246 e. The minimum Gasteiger partial charge on any atom is -0.345 e. The number of carbonyl (C=O) groups excluding carboxylic acids is 2. The molecule has 0 unspecified atom stereocenters. The molecule has 1 aromatic heterocycles. The molecule has 110 valence electrons. The van der Waals surface area contributed by atoms with Crippen molar-refractivity contribution in [3.63, 3.8) is 0 Å². The summed E-state index contributed by atoms with van der Waals surface area (Å²) < 4.78 is 15.4. The second-order valence-electron chi connectivity index (χ2n) is 4.67. The summed E-state index contributed by atoms with van der Waals surface area (Å²) in [6.07, 6.45) is 3.42. The highest BCUT2D eigenvalue weighted by Gasteiger charge is 2.14. The van der Waals surface area contributed by atoms with Crippen LogP contribution in [0.4, 0.5) is 10.1 Å². The monoisotopic (exact) mass is 289 g/mol. The first-order valence-corrected chi connectivity index (χ1v) is 6.48. The SMILES string of the molecule is CC(=O)N[C@@H](C)C(=O)Nc1ccc(F)c(-n2cccc2)c1. The first kappa shape index (κ1) is 14.8. The van der Waals surface area contributed by atoms with E-state index in [4.69, 9.17) is 0 Å². The number of rotatable bonds is 4. The number of hydrogen-bond donors (Lipinski definition) is 2. The summed E-state index contributed by atoms with van der Waals surface area (Å²) in [6, 6.07) is 7.19. The Hall–Kier alpha value is -2.63. The third kappa shape index (κ3) is 3.68. The van der Waals surface area contributed by atoms with E-state index in [1.165, 1.54) is 25.1 Å². The molecule has 2 amide bonds. The van der Waals surface area contributed by atoms with E-state index in [0.717, 1.165) is 0 Å². The molecule has 1 aromatic carbocycles. The Morgan fingerprint density at radius 1 is 1.24 bits per heavy atom. The molecule has 0 saturated heterocycles. The first-order chi connectivity index (χ1) is 9.97. The van der Waals surface area contributed by atoms with Gasteiger partial charge in [0.05, 0.1) is 5.69 Å². The van der Waals surface area contributed by atoms with Crippen LogP contribution >= 0.6 is 0 Å². The lowest BCUT2D eigenvalue weighted by Crippen LogP contribution is -2.40. The Bertz CT molecular complexity index is 653. The van der Waals surface area contributed by atoms with E-state index in [9.17, 15) is 14.0 Å². The van der Waals surface area contributed by atoms with Gasteiger partial charge in [-0.3, -0.25) is 9.59 Å². The lowest BCUT2D eigenvalue weighted by atomic mass is 10.2. The maximum absolute atomic E-state index is 13.8. The Morgan fingerprint density at radius 3 is 2.52 bits per heavy atom. The van der Waals surface area contributed by atoms with Gasteiger partial charge < -0.3 is 15.2 Å². The van der Waals surface area contributed by atoms with Crippen LogP contribution in [0.2, 0.25) is 0 Å². The number of halogens is 1. The largest absolute Gasteiger partial charge is 0.345 e. The summed E-state index contributed by atoms with van der Waals surface area (Å²) in [6.45, 7) is 2.92. The van der Waals surface area contributed by atoms with Crippen molar-refractivity contribution in [1.82, 2.24) is 9.88 Å². The van der Waals surface area contributed by atoms with E-state index < -0.39 is 6.04 Å². The van der Waals surface area contributed by atoms with E-state index in [-0.39, 0.29) is 17.6 Å². The molecular formula is C15H16FN3O2. The van der Waals surface area contributed by atoms with Crippen LogP contribution in [0.15, 0.2) is 42.7 Å². The molecule has 0 saturated carbocycles. The predicted octanol–water partition coefficient (Wildman–Crippen LogP) is 2.08. The Labute approximate surface area is 121 Å². The fourth-order valence-corrected chi connectivity index (χ4v) is 1.90. The minimum atomic E-state index is -0.664. The van der Waals surface area contributed by atoms with E-state index in [1.54, 1.807) is 36.0 Å². The zero-order valence-corrected chi connectivity index (χ0v) is 11.8. The lowest BCUT2D eigenvalue weighted by molar-refractivity contribution is -0.124. The molecule has 0 fully saturated rings. The highest BCUT2D eigenvalue weighted by atomic mass is 19.1. The molecule has 0 aliphatic carbocycles. The van der Waals surface area contributed by atoms with Gasteiger partial charge in [-0.05, 0) is 37.3 Å². The Balaban J connectivity index is 2.16. The van der Waals surface area contributed by atoms with Crippen LogP contribution in [0.25, 0.3) is 5.69 Å². The van der Waals surface area contributed by atoms with Gasteiger partial charge in [0.25, 0.3) is 0 Å². The van der Waals surface area contributed by atoms with E-state index in [2.05, 4.69) is 10.6 Å². The smallest absolute Gasteiger partial charge is 0.246 e. The van der Waals surface area contributed by atoms with Crippen LogP contribution in [0.5, 0.6) is 0 Å². The molecule has 21 heavy (non-hydrogen) atoms. The number of hydrogen-bond acceptors (Lipinski definition) is 2. The van der Waals surface area contributed by atoms with Gasteiger partial charge in [-0.25, -0.2) is 4.39 Å².